The van der Waals surface area contributed by atoms with Gasteiger partial charge in [-0.1, -0.05) is 53.7 Å². The molecular formula is C18H18ClN3OS. The van der Waals surface area contributed by atoms with Gasteiger partial charge in [-0.3, -0.25) is 4.79 Å². The molecule has 0 unspecified atom stereocenters. The van der Waals surface area contributed by atoms with E-state index in [9.17, 15) is 10.1 Å². The molecule has 4 nitrogen and oxygen atoms in total. The summed E-state index contributed by atoms with van der Waals surface area (Å²) < 4.78 is 0. The predicted octanol–water partition coefficient (Wildman–Crippen LogP) is 3.97. The van der Waals surface area contributed by atoms with Crippen LogP contribution in [-0.2, 0) is 11.3 Å². The van der Waals surface area contributed by atoms with E-state index < -0.39 is 0 Å². The molecule has 0 aliphatic carbocycles. The van der Waals surface area contributed by atoms with E-state index in [4.69, 9.17) is 11.6 Å². The van der Waals surface area contributed by atoms with Crippen molar-refractivity contribution in [1.82, 2.24) is 9.88 Å². The maximum atomic E-state index is 12.3. The number of halogens is 1. The van der Waals surface area contributed by atoms with Crippen LogP contribution < -0.4 is 0 Å². The van der Waals surface area contributed by atoms with Crippen LogP contribution in [0.25, 0.3) is 0 Å². The van der Waals surface area contributed by atoms with Gasteiger partial charge >= 0.3 is 0 Å². The number of carbonyl (C=O) groups is 1. The van der Waals surface area contributed by atoms with E-state index in [1.807, 2.05) is 30.3 Å². The third-order valence-corrected chi connectivity index (χ3v) is 5.15. The number of thioether (sulfide) groups is 1. The van der Waals surface area contributed by atoms with Crippen LogP contribution in [0, 0.1) is 25.2 Å². The highest BCUT2D eigenvalue weighted by atomic mass is 35.5. The summed E-state index contributed by atoms with van der Waals surface area (Å²) in [5.74, 6) is 0.214. The molecule has 0 fully saturated rings. The van der Waals surface area contributed by atoms with Gasteiger partial charge in [0.05, 0.1) is 22.0 Å². The van der Waals surface area contributed by atoms with Crippen LogP contribution >= 0.6 is 23.4 Å². The fraction of sp³-hybridized carbons (Fsp3) is 0.278. The van der Waals surface area contributed by atoms with Crippen molar-refractivity contribution in [3.63, 3.8) is 0 Å². The van der Waals surface area contributed by atoms with Gasteiger partial charge in [0, 0.05) is 13.6 Å². The van der Waals surface area contributed by atoms with Gasteiger partial charge in [-0.25, -0.2) is 4.98 Å². The van der Waals surface area contributed by atoms with Crippen LogP contribution in [-0.4, -0.2) is 28.6 Å². The number of aryl methyl sites for hydroxylation is 1. The topological polar surface area (TPSA) is 57.0 Å². The Labute approximate surface area is 151 Å². The van der Waals surface area contributed by atoms with Gasteiger partial charge in [-0.15, -0.1) is 0 Å². The van der Waals surface area contributed by atoms with Crippen molar-refractivity contribution in [3.8, 4) is 6.07 Å². The second-order valence-electron chi connectivity index (χ2n) is 5.45. The zero-order valence-corrected chi connectivity index (χ0v) is 15.4. The Kier molecular flexibility index (Phi) is 6.24. The lowest BCUT2D eigenvalue weighted by atomic mass is 10.1. The highest BCUT2D eigenvalue weighted by molar-refractivity contribution is 8.00. The number of pyridine rings is 1. The SMILES string of the molecule is Cc1nc(SCC(=O)N(C)Cc2ccccc2)c(C#N)c(C)c1Cl. The lowest BCUT2D eigenvalue weighted by Gasteiger charge is -2.17. The molecule has 0 saturated carbocycles. The van der Waals surface area contributed by atoms with Gasteiger partial charge in [-0.05, 0) is 25.0 Å². The number of hydrogen-bond donors (Lipinski definition) is 0. The number of carbonyl (C=O) groups excluding carboxylic acids is 1. The first-order valence-corrected chi connectivity index (χ1v) is 8.78. The zero-order chi connectivity index (χ0) is 17.7. The summed E-state index contributed by atoms with van der Waals surface area (Å²) in [6.45, 7) is 4.14. The van der Waals surface area contributed by atoms with Crippen LogP contribution in [0.1, 0.15) is 22.4 Å². The van der Waals surface area contributed by atoms with Crippen molar-refractivity contribution in [2.75, 3.05) is 12.8 Å². The highest BCUT2D eigenvalue weighted by Gasteiger charge is 2.16. The van der Waals surface area contributed by atoms with E-state index in [0.29, 0.717) is 33.4 Å². The minimum atomic E-state index is -0.0141. The first kappa shape index (κ1) is 18.3. The van der Waals surface area contributed by atoms with Gasteiger partial charge in [0.15, 0.2) is 0 Å². The van der Waals surface area contributed by atoms with Crippen molar-refractivity contribution in [1.29, 1.82) is 5.26 Å². The largest absolute Gasteiger partial charge is 0.341 e. The summed E-state index contributed by atoms with van der Waals surface area (Å²) in [6, 6.07) is 11.9. The molecule has 0 aliphatic heterocycles. The molecule has 1 aromatic carbocycles. The fourth-order valence-corrected chi connectivity index (χ4v) is 3.38. The van der Waals surface area contributed by atoms with Gasteiger partial charge in [-0.2, -0.15) is 5.26 Å². The third-order valence-electron chi connectivity index (χ3n) is 3.64. The molecule has 124 valence electrons. The van der Waals surface area contributed by atoms with Crippen LogP contribution in [0.15, 0.2) is 35.4 Å². The van der Waals surface area contributed by atoms with Crippen molar-refractivity contribution in [2.45, 2.75) is 25.4 Å². The number of hydrogen-bond acceptors (Lipinski definition) is 4. The molecule has 6 heteroatoms. The number of nitrogens with zero attached hydrogens (tertiary/aromatic N) is 3. The molecule has 0 atom stereocenters. The molecular weight excluding hydrogens is 342 g/mol. The van der Waals surface area contributed by atoms with Crippen molar-refractivity contribution >= 4 is 29.3 Å². The normalized spacial score (nSPS) is 10.3. The van der Waals surface area contributed by atoms with Crippen LogP contribution in [0.2, 0.25) is 5.02 Å². The Hall–Kier alpha value is -2.03. The molecule has 1 aromatic heterocycles. The number of benzene rings is 1. The molecule has 1 amide bonds. The van der Waals surface area contributed by atoms with Crippen molar-refractivity contribution in [2.24, 2.45) is 0 Å². The average Bonchev–Trinajstić information content (AvgIpc) is 2.58. The van der Waals surface area contributed by atoms with Gasteiger partial charge in [0.25, 0.3) is 0 Å². The Morgan fingerprint density at radius 2 is 2.00 bits per heavy atom. The summed E-state index contributed by atoms with van der Waals surface area (Å²) in [4.78, 5) is 18.4. The summed E-state index contributed by atoms with van der Waals surface area (Å²) in [7, 11) is 1.77. The molecule has 0 radical (unpaired) electrons. The summed E-state index contributed by atoms with van der Waals surface area (Å²) >= 11 is 7.41. The zero-order valence-electron chi connectivity index (χ0n) is 13.8. The van der Waals surface area contributed by atoms with Crippen molar-refractivity contribution < 1.29 is 4.79 Å². The predicted molar refractivity (Wildman–Crippen MR) is 97.1 cm³/mol. The van der Waals surface area contributed by atoms with Crippen LogP contribution in [0.5, 0.6) is 0 Å². The number of nitriles is 1. The summed E-state index contributed by atoms with van der Waals surface area (Å²) in [5.41, 5.74) is 2.89. The van der Waals surface area contributed by atoms with E-state index in [0.717, 1.165) is 5.56 Å². The first-order chi connectivity index (χ1) is 11.4. The molecule has 0 bridgehead atoms. The molecule has 0 N–H and O–H groups in total. The molecule has 0 aliphatic rings. The second kappa shape index (κ2) is 8.18. The molecule has 2 rings (SSSR count). The van der Waals surface area contributed by atoms with Crippen molar-refractivity contribution in [3.05, 3.63) is 57.7 Å². The number of aromatic nitrogens is 1. The Morgan fingerprint density at radius 1 is 1.33 bits per heavy atom. The lowest BCUT2D eigenvalue weighted by Crippen LogP contribution is -2.27. The molecule has 1 heterocycles. The average molecular weight is 360 g/mol. The van der Waals surface area contributed by atoms with E-state index in [1.165, 1.54) is 11.8 Å². The third kappa shape index (κ3) is 4.28. The highest BCUT2D eigenvalue weighted by Crippen LogP contribution is 2.29. The number of rotatable bonds is 5. The Balaban J connectivity index is 2.05. The lowest BCUT2D eigenvalue weighted by molar-refractivity contribution is -0.127. The Morgan fingerprint density at radius 3 is 2.62 bits per heavy atom. The second-order valence-corrected chi connectivity index (χ2v) is 6.79. The van der Waals surface area contributed by atoms with Gasteiger partial charge in [0.1, 0.15) is 11.1 Å². The monoisotopic (exact) mass is 359 g/mol. The van der Waals surface area contributed by atoms with E-state index in [2.05, 4.69) is 11.1 Å². The Bertz CT molecular complexity index is 787. The van der Waals surface area contributed by atoms with Gasteiger partial charge in [0.2, 0.25) is 5.91 Å². The maximum absolute atomic E-state index is 12.3. The maximum Gasteiger partial charge on any atom is 0.233 e. The smallest absolute Gasteiger partial charge is 0.233 e. The van der Waals surface area contributed by atoms with E-state index in [1.54, 1.807) is 25.8 Å². The quantitative estimate of drug-likeness (QED) is 0.758. The molecule has 0 saturated heterocycles. The fourth-order valence-electron chi connectivity index (χ4n) is 2.22. The summed E-state index contributed by atoms with van der Waals surface area (Å²) in [6.07, 6.45) is 0. The van der Waals surface area contributed by atoms with Gasteiger partial charge < -0.3 is 4.90 Å². The molecule has 2 aromatic rings. The minimum Gasteiger partial charge on any atom is -0.341 e. The van der Waals surface area contributed by atoms with Crippen LogP contribution in [0.4, 0.5) is 0 Å². The van der Waals surface area contributed by atoms with Crippen LogP contribution in [0.3, 0.4) is 0 Å². The molecule has 24 heavy (non-hydrogen) atoms. The first-order valence-electron chi connectivity index (χ1n) is 7.41. The number of amides is 1. The minimum absolute atomic E-state index is 0.0141. The standard InChI is InChI=1S/C18H18ClN3OS/c1-12-15(9-20)18(21-13(2)17(12)19)24-11-16(23)22(3)10-14-7-5-4-6-8-14/h4-8H,10-11H2,1-3H3. The van der Waals surface area contributed by atoms with E-state index in [-0.39, 0.29) is 11.7 Å². The molecule has 0 spiro atoms. The van der Waals surface area contributed by atoms with E-state index >= 15 is 0 Å². The summed E-state index contributed by atoms with van der Waals surface area (Å²) in [5, 5.41) is 10.4.